The van der Waals surface area contributed by atoms with Crippen molar-refractivity contribution in [3.8, 4) is 11.3 Å². The molecule has 1 unspecified atom stereocenters. The van der Waals surface area contributed by atoms with E-state index in [-0.39, 0.29) is 17.7 Å². The first-order chi connectivity index (χ1) is 13.5. The van der Waals surface area contributed by atoms with Crippen LogP contribution in [0.1, 0.15) is 42.8 Å². The fourth-order valence-corrected chi connectivity index (χ4v) is 3.37. The summed E-state index contributed by atoms with van der Waals surface area (Å²) in [5, 5.41) is 0. The number of hydrogen-bond donors (Lipinski definition) is 0. The Morgan fingerprint density at radius 1 is 1.14 bits per heavy atom. The van der Waals surface area contributed by atoms with E-state index in [0.29, 0.717) is 18.6 Å². The van der Waals surface area contributed by atoms with Gasteiger partial charge in [0.05, 0.1) is 12.0 Å². The second-order valence-corrected chi connectivity index (χ2v) is 6.89. The number of carbonyl (C=O) groups is 2. The number of rotatable bonds is 7. The van der Waals surface area contributed by atoms with Gasteiger partial charge in [0.1, 0.15) is 0 Å². The Morgan fingerprint density at radius 3 is 2.57 bits per heavy atom. The van der Waals surface area contributed by atoms with Crippen molar-refractivity contribution in [2.24, 2.45) is 0 Å². The van der Waals surface area contributed by atoms with Crippen LogP contribution in [0.15, 0.2) is 65.4 Å². The first kappa shape index (κ1) is 19.5. The molecule has 0 bridgehead atoms. The van der Waals surface area contributed by atoms with Crippen molar-refractivity contribution in [2.75, 3.05) is 4.90 Å². The van der Waals surface area contributed by atoms with Gasteiger partial charge < -0.3 is 9.32 Å². The zero-order chi connectivity index (χ0) is 20.1. The molecule has 28 heavy (non-hydrogen) atoms. The molecule has 2 heterocycles. The predicted octanol–water partition coefficient (Wildman–Crippen LogP) is 5.05. The number of amides is 1. The van der Waals surface area contributed by atoms with Gasteiger partial charge >= 0.3 is 0 Å². The van der Waals surface area contributed by atoms with Crippen LogP contribution < -0.4 is 4.90 Å². The molecule has 1 atom stereocenters. The molecule has 5 heteroatoms. The third kappa shape index (κ3) is 4.36. The lowest BCUT2D eigenvalue weighted by Crippen LogP contribution is -2.38. The zero-order valence-corrected chi connectivity index (χ0v) is 16.4. The van der Waals surface area contributed by atoms with Crippen LogP contribution in [0.2, 0.25) is 0 Å². The summed E-state index contributed by atoms with van der Waals surface area (Å²) in [7, 11) is 0. The number of Topliss-reactive ketones (excluding diaryl/α,β-unsaturated/α-hetero) is 1. The highest BCUT2D eigenvalue weighted by atomic mass is 16.3. The largest absolute Gasteiger partial charge is 0.461 e. The second-order valence-electron chi connectivity index (χ2n) is 6.89. The summed E-state index contributed by atoms with van der Waals surface area (Å²) in [6.45, 7) is 5.50. The number of anilines is 1. The van der Waals surface area contributed by atoms with Gasteiger partial charge in [-0.1, -0.05) is 12.1 Å². The number of ketones is 1. The minimum Gasteiger partial charge on any atom is -0.461 e. The van der Waals surface area contributed by atoms with E-state index in [1.165, 1.54) is 6.26 Å². The quantitative estimate of drug-likeness (QED) is 0.541. The van der Waals surface area contributed by atoms with E-state index < -0.39 is 0 Å². The standard InChI is InChI=1S/C23H24N2O3/c1-16-15-19(20-7-4-5-13-24-20)10-11-21(16)25(18(3)26)17(2)9-12-22(27)23-8-6-14-28-23/h4-8,10-11,13-15,17H,9,12H2,1-3H3. The van der Waals surface area contributed by atoms with Crippen molar-refractivity contribution in [1.82, 2.24) is 4.98 Å². The van der Waals surface area contributed by atoms with Crippen molar-refractivity contribution in [3.63, 3.8) is 0 Å². The van der Waals surface area contributed by atoms with Crippen LogP contribution in [0, 0.1) is 6.92 Å². The van der Waals surface area contributed by atoms with E-state index in [2.05, 4.69) is 4.98 Å². The van der Waals surface area contributed by atoms with Gasteiger partial charge in [-0.15, -0.1) is 0 Å². The van der Waals surface area contributed by atoms with Crippen molar-refractivity contribution in [3.05, 3.63) is 72.3 Å². The maximum absolute atomic E-state index is 12.4. The number of aryl methyl sites for hydroxylation is 1. The topological polar surface area (TPSA) is 63.4 Å². The van der Waals surface area contributed by atoms with Gasteiger partial charge in [-0.2, -0.15) is 0 Å². The van der Waals surface area contributed by atoms with E-state index in [1.54, 1.807) is 30.2 Å². The Bertz CT molecular complexity index is 949. The molecule has 1 amide bonds. The predicted molar refractivity (Wildman–Crippen MR) is 109 cm³/mol. The summed E-state index contributed by atoms with van der Waals surface area (Å²) in [4.78, 5) is 30.7. The maximum atomic E-state index is 12.4. The number of furan rings is 1. The maximum Gasteiger partial charge on any atom is 0.224 e. The Balaban J connectivity index is 1.77. The average Bonchev–Trinajstić information content (AvgIpc) is 3.23. The van der Waals surface area contributed by atoms with Gasteiger partial charge in [0.15, 0.2) is 11.5 Å². The fourth-order valence-electron chi connectivity index (χ4n) is 3.37. The molecule has 0 spiro atoms. The number of nitrogens with zero attached hydrogens (tertiary/aromatic N) is 2. The number of carbonyl (C=O) groups excluding carboxylic acids is 2. The van der Waals surface area contributed by atoms with E-state index >= 15 is 0 Å². The van der Waals surface area contributed by atoms with Crippen molar-refractivity contribution in [2.45, 2.75) is 39.7 Å². The van der Waals surface area contributed by atoms with Crippen LogP contribution in [0.5, 0.6) is 0 Å². The highest BCUT2D eigenvalue weighted by Gasteiger charge is 2.22. The molecule has 0 aliphatic rings. The number of benzene rings is 1. The molecular weight excluding hydrogens is 352 g/mol. The Kier molecular flexibility index (Phi) is 6.04. The average molecular weight is 376 g/mol. The highest BCUT2D eigenvalue weighted by molar-refractivity contribution is 5.95. The molecule has 0 fully saturated rings. The smallest absolute Gasteiger partial charge is 0.224 e. The summed E-state index contributed by atoms with van der Waals surface area (Å²) < 4.78 is 5.16. The Labute approximate surface area is 165 Å². The van der Waals surface area contributed by atoms with Gasteiger partial charge in [-0.3, -0.25) is 14.6 Å². The first-order valence-electron chi connectivity index (χ1n) is 9.36. The third-order valence-electron chi connectivity index (χ3n) is 4.78. The summed E-state index contributed by atoms with van der Waals surface area (Å²) in [5.74, 6) is 0.256. The summed E-state index contributed by atoms with van der Waals surface area (Å²) in [6, 6.07) is 15.0. The Hall–Kier alpha value is -3.21. The van der Waals surface area contributed by atoms with Gasteiger partial charge in [-0.25, -0.2) is 0 Å². The highest BCUT2D eigenvalue weighted by Crippen LogP contribution is 2.28. The van der Waals surface area contributed by atoms with Gasteiger partial charge in [0.25, 0.3) is 0 Å². The van der Waals surface area contributed by atoms with Crippen LogP contribution in [0.3, 0.4) is 0 Å². The van der Waals surface area contributed by atoms with Gasteiger partial charge in [0.2, 0.25) is 5.91 Å². The lowest BCUT2D eigenvalue weighted by Gasteiger charge is -2.30. The molecule has 0 N–H and O–H groups in total. The van der Waals surface area contributed by atoms with Crippen molar-refractivity contribution < 1.29 is 14.0 Å². The monoisotopic (exact) mass is 376 g/mol. The molecular formula is C23H24N2O3. The molecule has 0 radical (unpaired) electrons. The number of pyridine rings is 1. The summed E-state index contributed by atoms with van der Waals surface area (Å²) >= 11 is 0. The number of hydrogen-bond acceptors (Lipinski definition) is 4. The van der Waals surface area contributed by atoms with Crippen LogP contribution in [-0.4, -0.2) is 22.7 Å². The molecule has 0 aliphatic heterocycles. The van der Waals surface area contributed by atoms with Gasteiger partial charge in [0, 0.05) is 36.8 Å². The zero-order valence-electron chi connectivity index (χ0n) is 16.4. The molecule has 0 saturated carbocycles. The fraction of sp³-hybridized carbons (Fsp3) is 0.261. The second kappa shape index (κ2) is 8.65. The molecule has 3 rings (SSSR count). The number of aromatic nitrogens is 1. The van der Waals surface area contributed by atoms with Crippen molar-refractivity contribution in [1.29, 1.82) is 0 Å². The molecule has 1 aromatic carbocycles. The minimum atomic E-state index is -0.115. The summed E-state index contributed by atoms with van der Waals surface area (Å²) in [5.41, 5.74) is 3.74. The molecule has 5 nitrogen and oxygen atoms in total. The van der Waals surface area contributed by atoms with E-state index in [4.69, 9.17) is 4.42 Å². The molecule has 2 aromatic heterocycles. The van der Waals surface area contributed by atoms with Crippen LogP contribution in [-0.2, 0) is 4.79 Å². The molecule has 0 saturated heterocycles. The third-order valence-corrected chi connectivity index (χ3v) is 4.78. The van der Waals surface area contributed by atoms with Crippen LogP contribution in [0.4, 0.5) is 5.69 Å². The van der Waals surface area contributed by atoms with E-state index in [9.17, 15) is 9.59 Å². The SMILES string of the molecule is CC(=O)N(c1ccc(-c2ccccn2)cc1C)C(C)CCC(=O)c1ccco1. The van der Waals surface area contributed by atoms with Crippen LogP contribution >= 0.6 is 0 Å². The molecule has 144 valence electrons. The summed E-state index contributed by atoms with van der Waals surface area (Å²) in [6.07, 6.45) is 4.13. The first-order valence-corrected chi connectivity index (χ1v) is 9.36. The van der Waals surface area contributed by atoms with E-state index in [0.717, 1.165) is 22.5 Å². The Morgan fingerprint density at radius 2 is 1.96 bits per heavy atom. The normalized spacial score (nSPS) is 11.8. The lowest BCUT2D eigenvalue weighted by atomic mass is 10.0. The lowest BCUT2D eigenvalue weighted by molar-refractivity contribution is -0.117. The minimum absolute atomic E-state index is 0.0494. The van der Waals surface area contributed by atoms with E-state index in [1.807, 2.05) is 50.2 Å². The molecule has 3 aromatic rings. The van der Waals surface area contributed by atoms with Crippen molar-refractivity contribution >= 4 is 17.4 Å². The van der Waals surface area contributed by atoms with Gasteiger partial charge in [-0.05, 0) is 62.2 Å². The van der Waals surface area contributed by atoms with Crippen LogP contribution in [0.25, 0.3) is 11.3 Å². The molecule has 0 aliphatic carbocycles.